The molecular weight excluding hydrogens is 378 g/mol. The van der Waals surface area contributed by atoms with E-state index in [9.17, 15) is 20.1 Å². The summed E-state index contributed by atoms with van der Waals surface area (Å²) >= 11 is 0. The summed E-state index contributed by atoms with van der Waals surface area (Å²) < 4.78 is 1.99. The molecule has 0 spiro atoms. The van der Waals surface area contributed by atoms with Gasteiger partial charge in [-0.1, -0.05) is 42.5 Å². The van der Waals surface area contributed by atoms with Crippen molar-refractivity contribution in [3.05, 3.63) is 90.5 Å². The number of benzene rings is 4. The van der Waals surface area contributed by atoms with E-state index in [1.807, 2.05) is 53.1 Å². The Hall–Kier alpha value is -4.25. The number of nitrogens with zero attached hydrogens (tertiary/aromatic N) is 1. The highest BCUT2D eigenvalue weighted by Crippen LogP contribution is 2.37. The van der Waals surface area contributed by atoms with Gasteiger partial charge in [0, 0.05) is 11.1 Å². The number of carbonyl (C=O) groups is 1. The molecule has 1 aromatic heterocycles. The van der Waals surface area contributed by atoms with Crippen LogP contribution in [0.25, 0.3) is 38.6 Å². The van der Waals surface area contributed by atoms with Gasteiger partial charge in [-0.15, -0.1) is 0 Å². The summed E-state index contributed by atoms with van der Waals surface area (Å²) in [7, 11) is 0. The molecule has 0 radical (unpaired) electrons. The van der Waals surface area contributed by atoms with Gasteiger partial charge in [0.05, 0.1) is 11.2 Å². The van der Waals surface area contributed by atoms with Gasteiger partial charge in [-0.3, -0.25) is 0 Å². The van der Waals surface area contributed by atoms with E-state index < -0.39 is 5.97 Å². The lowest BCUT2D eigenvalue weighted by Crippen LogP contribution is -2.02. The first kappa shape index (κ1) is 17.8. The maximum absolute atomic E-state index is 11.6. The number of phenolic OH excluding ortho intramolecular Hbond substituents is 1. The SMILES string of the molecule is O=C(O)c1cc(-n2c(-c3ccccc3)cc3c4ccc(O)cc4ccc32)ccc1O. The average Bonchev–Trinajstić information content (AvgIpc) is 3.14. The molecule has 0 saturated heterocycles. The molecule has 146 valence electrons. The van der Waals surface area contributed by atoms with Crippen molar-refractivity contribution >= 4 is 27.6 Å². The Bertz CT molecular complexity index is 1430. The van der Waals surface area contributed by atoms with Gasteiger partial charge in [0.25, 0.3) is 0 Å². The second-order valence-corrected chi connectivity index (χ2v) is 7.14. The summed E-state index contributed by atoms with van der Waals surface area (Å²) in [4.78, 5) is 11.6. The lowest BCUT2D eigenvalue weighted by molar-refractivity contribution is 0.0693. The predicted molar refractivity (Wildman–Crippen MR) is 117 cm³/mol. The Morgan fingerprint density at radius 1 is 0.767 bits per heavy atom. The van der Waals surface area contributed by atoms with Crippen LogP contribution >= 0.6 is 0 Å². The summed E-state index contributed by atoms with van der Waals surface area (Å²) in [5.41, 5.74) is 3.25. The van der Waals surface area contributed by atoms with Crippen molar-refractivity contribution in [1.29, 1.82) is 0 Å². The largest absolute Gasteiger partial charge is 0.508 e. The monoisotopic (exact) mass is 395 g/mol. The summed E-state index contributed by atoms with van der Waals surface area (Å²) in [5, 5.41) is 32.1. The molecule has 0 bridgehead atoms. The van der Waals surface area contributed by atoms with Gasteiger partial charge in [0.15, 0.2) is 0 Å². The van der Waals surface area contributed by atoms with Gasteiger partial charge in [0.2, 0.25) is 0 Å². The first-order chi connectivity index (χ1) is 14.5. The van der Waals surface area contributed by atoms with Gasteiger partial charge < -0.3 is 19.9 Å². The molecule has 0 aliphatic heterocycles. The van der Waals surface area contributed by atoms with E-state index in [2.05, 4.69) is 6.07 Å². The van der Waals surface area contributed by atoms with E-state index in [4.69, 9.17) is 0 Å². The van der Waals surface area contributed by atoms with E-state index >= 15 is 0 Å². The summed E-state index contributed by atoms with van der Waals surface area (Å²) in [6.07, 6.45) is 0. The number of fused-ring (bicyclic) bond motifs is 3. The van der Waals surface area contributed by atoms with Crippen LogP contribution < -0.4 is 0 Å². The molecule has 5 heteroatoms. The van der Waals surface area contributed by atoms with Crippen LogP contribution in [-0.2, 0) is 0 Å². The fraction of sp³-hybridized carbons (Fsp3) is 0. The zero-order chi connectivity index (χ0) is 20.8. The summed E-state index contributed by atoms with van der Waals surface area (Å²) in [5.74, 6) is -1.26. The minimum absolute atomic E-state index is 0.154. The zero-order valence-corrected chi connectivity index (χ0v) is 15.8. The van der Waals surface area contributed by atoms with Crippen molar-refractivity contribution in [3.63, 3.8) is 0 Å². The first-order valence-corrected chi connectivity index (χ1v) is 9.42. The molecule has 5 aromatic rings. The smallest absolute Gasteiger partial charge is 0.339 e. The van der Waals surface area contributed by atoms with Crippen LogP contribution in [0.15, 0.2) is 84.9 Å². The zero-order valence-electron chi connectivity index (χ0n) is 15.8. The number of hydrogen-bond donors (Lipinski definition) is 3. The number of carboxylic acids is 1. The molecule has 0 aliphatic carbocycles. The van der Waals surface area contributed by atoms with Gasteiger partial charge >= 0.3 is 5.97 Å². The van der Waals surface area contributed by atoms with Gasteiger partial charge in [-0.25, -0.2) is 4.79 Å². The van der Waals surface area contributed by atoms with Crippen LogP contribution in [-0.4, -0.2) is 25.9 Å². The number of rotatable bonds is 3. The second kappa shape index (κ2) is 6.67. The molecule has 0 saturated carbocycles. The van der Waals surface area contributed by atoms with E-state index in [1.54, 1.807) is 18.2 Å². The Morgan fingerprint density at radius 2 is 1.57 bits per heavy atom. The summed E-state index contributed by atoms with van der Waals surface area (Å²) in [6.45, 7) is 0. The lowest BCUT2D eigenvalue weighted by Gasteiger charge is -2.13. The Kier molecular flexibility index (Phi) is 3.96. The fourth-order valence-corrected chi connectivity index (χ4v) is 3.94. The molecule has 0 unspecified atom stereocenters. The highest BCUT2D eigenvalue weighted by molar-refractivity contribution is 6.09. The van der Waals surface area contributed by atoms with Gasteiger partial charge in [-0.2, -0.15) is 0 Å². The molecule has 0 atom stereocenters. The van der Waals surface area contributed by atoms with Crippen molar-refractivity contribution in [2.75, 3.05) is 0 Å². The highest BCUT2D eigenvalue weighted by Gasteiger charge is 2.17. The van der Waals surface area contributed by atoms with Gasteiger partial charge in [0.1, 0.15) is 17.1 Å². The van der Waals surface area contributed by atoms with Crippen molar-refractivity contribution in [2.24, 2.45) is 0 Å². The van der Waals surface area contributed by atoms with Crippen molar-refractivity contribution in [2.45, 2.75) is 0 Å². The maximum Gasteiger partial charge on any atom is 0.339 e. The third kappa shape index (κ3) is 2.76. The minimum Gasteiger partial charge on any atom is -0.508 e. The van der Waals surface area contributed by atoms with E-state index in [0.29, 0.717) is 5.69 Å². The predicted octanol–water partition coefficient (Wildman–Crippen LogP) is 5.56. The third-order valence-corrected chi connectivity index (χ3v) is 5.32. The number of aromatic carboxylic acids is 1. The molecule has 1 heterocycles. The van der Waals surface area contributed by atoms with Crippen molar-refractivity contribution in [1.82, 2.24) is 4.57 Å². The number of aromatic hydroxyl groups is 2. The number of phenols is 2. The quantitative estimate of drug-likeness (QED) is 0.373. The molecule has 3 N–H and O–H groups in total. The molecule has 5 nitrogen and oxygen atoms in total. The molecule has 0 aliphatic rings. The minimum atomic E-state index is -1.19. The maximum atomic E-state index is 11.6. The van der Waals surface area contributed by atoms with Crippen molar-refractivity contribution in [3.8, 4) is 28.4 Å². The van der Waals surface area contributed by atoms with Crippen LogP contribution in [0.5, 0.6) is 11.5 Å². The summed E-state index contributed by atoms with van der Waals surface area (Å²) in [6, 6.07) is 25.6. The number of hydrogen-bond acceptors (Lipinski definition) is 3. The number of aromatic nitrogens is 1. The first-order valence-electron chi connectivity index (χ1n) is 9.42. The van der Waals surface area contributed by atoms with Crippen molar-refractivity contribution < 1.29 is 20.1 Å². The number of carboxylic acid groups (broad SMARTS) is 1. The molecule has 4 aromatic carbocycles. The molecular formula is C25H17NO4. The Balaban J connectivity index is 1.89. The van der Waals surface area contributed by atoms with E-state index in [0.717, 1.165) is 32.9 Å². The second-order valence-electron chi connectivity index (χ2n) is 7.14. The van der Waals surface area contributed by atoms with Crippen LogP contribution in [0.4, 0.5) is 0 Å². The van der Waals surface area contributed by atoms with Crippen LogP contribution in [0.1, 0.15) is 10.4 Å². The highest BCUT2D eigenvalue weighted by atomic mass is 16.4. The van der Waals surface area contributed by atoms with Crippen LogP contribution in [0, 0.1) is 0 Å². The fourth-order valence-electron chi connectivity index (χ4n) is 3.94. The molecule has 30 heavy (non-hydrogen) atoms. The normalized spacial score (nSPS) is 11.2. The Morgan fingerprint density at radius 3 is 2.33 bits per heavy atom. The molecule has 0 fully saturated rings. The van der Waals surface area contributed by atoms with Gasteiger partial charge in [-0.05, 0) is 58.8 Å². The van der Waals surface area contributed by atoms with E-state index in [1.165, 1.54) is 12.1 Å². The third-order valence-electron chi connectivity index (χ3n) is 5.32. The lowest BCUT2D eigenvalue weighted by atomic mass is 10.1. The van der Waals surface area contributed by atoms with E-state index in [-0.39, 0.29) is 17.1 Å². The van der Waals surface area contributed by atoms with Crippen LogP contribution in [0.3, 0.4) is 0 Å². The standard InChI is InChI=1S/C25H17NO4/c27-18-8-9-19-16(12-18)6-10-22-20(19)14-23(15-4-2-1-3-5-15)26(22)17-7-11-24(28)21(13-17)25(29)30/h1-14,27-28H,(H,29,30). The molecule has 0 amide bonds. The van der Waals surface area contributed by atoms with Crippen LogP contribution in [0.2, 0.25) is 0 Å². The topological polar surface area (TPSA) is 82.7 Å². The average molecular weight is 395 g/mol. The Labute approximate surface area is 171 Å². The molecule has 5 rings (SSSR count).